The number of carbonyl (C=O) groups excluding carboxylic acids is 8. The van der Waals surface area contributed by atoms with Crippen molar-refractivity contribution in [3.8, 4) is 0 Å². The lowest BCUT2D eigenvalue weighted by molar-refractivity contribution is -0.142. The second kappa shape index (κ2) is 27.6. The lowest BCUT2D eigenvalue weighted by Crippen LogP contribution is -2.60. The second-order valence-corrected chi connectivity index (χ2v) is 13.9. The maximum atomic E-state index is 13.5. The van der Waals surface area contributed by atoms with E-state index in [-0.39, 0.29) is 18.8 Å². The molecule has 25 heteroatoms. The molecule has 334 valence electrons. The summed E-state index contributed by atoms with van der Waals surface area (Å²) in [5.74, 6) is -13.0. The Hall–Kier alpha value is -5.95. The highest BCUT2D eigenvalue weighted by atomic mass is 16.4. The molecule has 0 aromatic heterocycles. The summed E-state index contributed by atoms with van der Waals surface area (Å²) in [6.07, 6.45) is -2.46. The first kappa shape index (κ1) is 53.0. The number of aliphatic hydroxyl groups is 1. The Morgan fingerprint density at radius 2 is 1.02 bits per heavy atom. The molecule has 0 spiro atoms. The number of aliphatic hydroxyl groups excluding tert-OH is 1. The number of aliphatic carboxylic acids is 3. The van der Waals surface area contributed by atoms with E-state index in [2.05, 4.69) is 37.2 Å². The van der Waals surface area contributed by atoms with E-state index >= 15 is 0 Å². The van der Waals surface area contributed by atoms with Crippen LogP contribution in [0.2, 0.25) is 0 Å². The molecule has 0 saturated carbocycles. The van der Waals surface area contributed by atoms with Crippen molar-refractivity contribution in [2.45, 2.75) is 121 Å². The zero-order valence-corrected chi connectivity index (χ0v) is 33.1. The normalized spacial score (nSPS) is 14.4. The number of hydrogen-bond acceptors (Lipinski definition) is 14. The molecule has 0 aromatic carbocycles. The minimum absolute atomic E-state index is 0.0358. The van der Waals surface area contributed by atoms with Gasteiger partial charge in [-0.1, -0.05) is 20.3 Å². The largest absolute Gasteiger partial charge is 0.481 e. The van der Waals surface area contributed by atoms with Gasteiger partial charge in [-0.05, 0) is 51.5 Å². The van der Waals surface area contributed by atoms with Crippen molar-refractivity contribution < 1.29 is 73.2 Å². The van der Waals surface area contributed by atoms with Crippen molar-refractivity contribution in [3.63, 3.8) is 0 Å². The summed E-state index contributed by atoms with van der Waals surface area (Å²) in [5, 5.41) is 53.3. The highest BCUT2D eigenvalue weighted by Gasteiger charge is 2.34. The SMILES string of the molecule is CC(C)C[C@H](NC(=O)[C@H](CO)NC(=O)[C@H](CCC(=O)O)NC(=O)[C@H](CCC(=O)O)NC(=O)[C@H](CC(=O)O)NC(=O)CNC(=O)[C@@H](N)CCCCN)C(=O)N[C@@H](C)C(N)=O. The number of nitrogens with one attached hydrogen (secondary N) is 7. The summed E-state index contributed by atoms with van der Waals surface area (Å²) in [6, 6.07) is -10.7. The van der Waals surface area contributed by atoms with Crippen molar-refractivity contribution in [1.82, 2.24) is 37.2 Å². The fraction of sp³-hybridized carbons (Fsp3) is 0.676. The zero-order valence-electron chi connectivity index (χ0n) is 33.1. The van der Waals surface area contributed by atoms with Crippen LogP contribution in [0.25, 0.3) is 0 Å². The number of unbranched alkanes of at least 4 members (excludes halogenated alkanes) is 1. The van der Waals surface area contributed by atoms with Gasteiger partial charge in [0.2, 0.25) is 47.3 Å². The van der Waals surface area contributed by atoms with Gasteiger partial charge in [0, 0.05) is 12.8 Å². The van der Waals surface area contributed by atoms with Gasteiger partial charge >= 0.3 is 17.9 Å². The summed E-state index contributed by atoms with van der Waals surface area (Å²) in [6.45, 7) is 3.31. The molecule has 0 bridgehead atoms. The Morgan fingerprint density at radius 1 is 0.559 bits per heavy atom. The molecule has 0 aliphatic carbocycles. The summed E-state index contributed by atoms with van der Waals surface area (Å²) in [7, 11) is 0. The van der Waals surface area contributed by atoms with E-state index < -0.39 is 153 Å². The van der Waals surface area contributed by atoms with Gasteiger partial charge in [-0.2, -0.15) is 0 Å². The van der Waals surface area contributed by atoms with Crippen LogP contribution in [0.3, 0.4) is 0 Å². The maximum absolute atomic E-state index is 13.5. The molecule has 0 fully saturated rings. The topological polar surface area (TPSA) is 431 Å². The van der Waals surface area contributed by atoms with Gasteiger partial charge in [0.05, 0.1) is 25.6 Å². The Labute approximate surface area is 339 Å². The third-order valence-electron chi connectivity index (χ3n) is 8.26. The van der Waals surface area contributed by atoms with E-state index in [1.165, 1.54) is 6.92 Å². The number of carboxylic acid groups (broad SMARTS) is 3. The number of carbonyl (C=O) groups is 11. The lowest BCUT2D eigenvalue weighted by atomic mass is 10.0. The molecule has 25 nitrogen and oxygen atoms in total. The standard InChI is InChI=1S/C34H58N10O15/c1-16(2)12-21(32(57)39-17(3)28(37)53)43-34(59)23(15-45)44-31(56)20(8-10-26(49)50)41-30(55)19(7-9-25(47)48)42-33(58)22(13-27(51)52)40-24(46)14-38-29(54)18(36)6-4-5-11-35/h16-23,45H,4-15,35-36H2,1-3H3,(H2,37,53)(H,38,54)(H,39,57)(H,40,46)(H,41,55)(H,42,58)(H,43,59)(H,44,56)(H,47,48)(H,49,50)(H,51,52)/t17-,18-,19-,20-,21-,22-,23-/m0/s1. The molecular weight excluding hydrogens is 788 g/mol. The van der Waals surface area contributed by atoms with Gasteiger partial charge in [-0.25, -0.2) is 0 Å². The summed E-state index contributed by atoms with van der Waals surface area (Å²) in [5.41, 5.74) is 16.4. The molecule has 0 heterocycles. The Morgan fingerprint density at radius 3 is 1.46 bits per heavy atom. The average Bonchev–Trinajstić information content (AvgIpc) is 3.14. The van der Waals surface area contributed by atoms with Crippen molar-refractivity contribution >= 4 is 65.2 Å². The highest BCUT2D eigenvalue weighted by molar-refractivity contribution is 5.98. The zero-order chi connectivity index (χ0) is 45.4. The number of rotatable bonds is 30. The van der Waals surface area contributed by atoms with Gasteiger partial charge in [-0.3, -0.25) is 52.7 Å². The first-order chi connectivity index (χ1) is 27.5. The van der Waals surface area contributed by atoms with Crippen LogP contribution in [0.1, 0.15) is 78.6 Å². The number of primary amides is 1. The van der Waals surface area contributed by atoms with Crippen LogP contribution in [-0.4, -0.2) is 148 Å². The molecule has 7 atom stereocenters. The van der Waals surface area contributed by atoms with Gasteiger partial charge in [0.1, 0.15) is 36.3 Å². The van der Waals surface area contributed by atoms with E-state index in [0.717, 1.165) is 0 Å². The minimum atomic E-state index is -1.88. The van der Waals surface area contributed by atoms with Crippen molar-refractivity contribution in [1.29, 1.82) is 0 Å². The number of nitrogens with two attached hydrogens (primary N) is 3. The Bertz CT molecular complexity index is 1510. The predicted molar refractivity (Wildman–Crippen MR) is 203 cm³/mol. The van der Waals surface area contributed by atoms with Gasteiger partial charge in [-0.15, -0.1) is 0 Å². The van der Waals surface area contributed by atoms with Gasteiger partial charge in [0.15, 0.2) is 0 Å². The first-order valence-corrected chi connectivity index (χ1v) is 18.6. The molecule has 17 N–H and O–H groups in total. The fourth-order valence-corrected chi connectivity index (χ4v) is 5.01. The molecule has 0 aliphatic rings. The summed E-state index contributed by atoms with van der Waals surface area (Å²) in [4.78, 5) is 137. The third-order valence-corrected chi connectivity index (χ3v) is 8.26. The summed E-state index contributed by atoms with van der Waals surface area (Å²) >= 11 is 0. The molecule has 0 unspecified atom stereocenters. The van der Waals surface area contributed by atoms with E-state index in [1.54, 1.807) is 13.8 Å². The monoisotopic (exact) mass is 846 g/mol. The molecule has 0 aliphatic heterocycles. The summed E-state index contributed by atoms with van der Waals surface area (Å²) < 4.78 is 0. The quantitative estimate of drug-likeness (QED) is 0.0299. The van der Waals surface area contributed by atoms with E-state index in [9.17, 15) is 73.2 Å². The van der Waals surface area contributed by atoms with Crippen LogP contribution in [0.15, 0.2) is 0 Å². The predicted octanol–water partition coefficient (Wildman–Crippen LogP) is -5.78. The third kappa shape index (κ3) is 22.5. The van der Waals surface area contributed by atoms with Crippen LogP contribution in [0.4, 0.5) is 0 Å². The van der Waals surface area contributed by atoms with Crippen LogP contribution < -0.4 is 54.4 Å². The molecule has 0 aromatic rings. The molecule has 59 heavy (non-hydrogen) atoms. The maximum Gasteiger partial charge on any atom is 0.305 e. The smallest absolute Gasteiger partial charge is 0.305 e. The van der Waals surface area contributed by atoms with Crippen molar-refractivity contribution in [2.24, 2.45) is 23.1 Å². The average molecular weight is 847 g/mol. The van der Waals surface area contributed by atoms with Gasteiger partial charge < -0.3 is 74.8 Å². The number of amides is 8. The van der Waals surface area contributed by atoms with E-state index in [1.807, 2.05) is 0 Å². The van der Waals surface area contributed by atoms with Crippen molar-refractivity contribution in [3.05, 3.63) is 0 Å². The van der Waals surface area contributed by atoms with Crippen LogP contribution in [0.5, 0.6) is 0 Å². The molecule has 8 amide bonds. The molecule has 0 radical (unpaired) electrons. The van der Waals surface area contributed by atoms with Crippen molar-refractivity contribution in [2.75, 3.05) is 19.7 Å². The number of carboxylic acids is 3. The fourth-order valence-electron chi connectivity index (χ4n) is 5.01. The van der Waals surface area contributed by atoms with Crippen LogP contribution >= 0.6 is 0 Å². The Kier molecular flexibility index (Phi) is 24.9. The molecule has 0 saturated heterocycles. The first-order valence-electron chi connectivity index (χ1n) is 18.6. The number of hydrogen-bond donors (Lipinski definition) is 14. The minimum Gasteiger partial charge on any atom is -0.481 e. The van der Waals surface area contributed by atoms with E-state index in [0.29, 0.717) is 19.4 Å². The van der Waals surface area contributed by atoms with E-state index in [4.69, 9.17) is 17.2 Å². The highest BCUT2D eigenvalue weighted by Crippen LogP contribution is 2.08. The lowest BCUT2D eigenvalue weighted by Gasteiger charge is -2.27. The molecular formula is C34H58N10O15. The molecule has 0 rings (SSSR count). The van der Waals surface area contributed by atoms with Gasteiger partial charge in [0.25, 0.3) is 0 Å². The van der Waals surface area contributed by atoms with Crippen LogP contribution in [0, 0.1) is 5.92 Å². The Balaban J connectivity index is 6.15. The van der Waals surface area contributed by atoms with Crippen LogP contribution in [-0.2, 0) is 52.7 Å². The second-order valence-electron chi connectivity index (χ2n) is 13.9.